The second-order valence-electron chi connectivity index (χ2n) is 3.61. The van der Waals surface area contributed by atoms with E-state index in [2.05, 4.69) is 5.32 Å². The summed E-state index contributed by atoms with van der Waals surface area (Å²) in [4.78, 5) is 23.4. The number of carbonyl (C=O) groups excluding carboxylic acids is 1. The van der Waals surface area contributed by atoms with Gasteiger partial charge in [0.15, 0.2) is 0 Å². The van der Waals surface area contributed by atoms with E-state index in [0.717, 1.165) is 19.4 Å². The van der Waals surface area contributed by atoms with Gasteiger partial charge in [-0.3, -0.25) is 4.79 Å². The minimum Gasteiger partial charge on any atom is -0.481 e. The van der Waals surface area contributed by atoms with Crippen LogP contribution in [0.5, 0.6) is 0 Å². The molecule has 1 rings (SSSR count). The Hall–Kier alpha value is -1.26. The van der Waals surface area contributed by atoms with E-state index < -0.39 is 5.97 Å². The number of urea groups is 1. The Kier molecular flexibility index (Phi) is 3.73. The van der Waals surface area contributed by atoms with Gasteiger partial charge in [0.05, 0.1) is 0 Å². The average Bonchev–Trinajstić information content (AvgIpc) is 2.16. The predicted molar refractivity (Wildman–Crippen MR) is 51.0 cm³/mol. The molecule has 0 bridgehead atoms. The van der Waals surface area contributed by atoms with Gasteiger partial charge in [-0.25, -0.2) is 4.79 Å². The molecule has 1 saturated heterocycles. The van der Waals surface area contributed by atoms with Crippen molar-refractivity contribution in [3.05, 3.63) is 0 Å². The molecule has 14 heavy (non-hydrogen) atoms. The summed E-state index contributed by atoms with van der Waals surface area (Å²) >= 11 is 0. The van der Waals surface area contributed by atoms with E-state index in [9.17, 15) is 9.59 Å². The van der Waals surface area contributed by atoms with Gasteiger partial charge in [-0.05, 0) is 18.8 Å². The van der Waals surface area contributed by atoms with Crippen molar-refractivity contribution in [1.82, 2.24) is 10.2 Å². The predicted octanol–water partition coefficient (Wildman–Crippen LogP) is 0.513. The molecule has 0 aliphatic carbocycles. The number of hydrogen-bond donors (Lipinski definition) is 2. The molecule has 0 radical (unpaired) electrons. The van der Waals surface area contributed by atoms with Crippen LogP contribution in [-0.4, -0.2) is 42.1 Å². The molecule has 0 saturated carbocycles. The smallest absolute Gasteiger partial charge is 0.317 e. The van der Waals surface area contributed by atoms with E-state index in [-0.39, 0.29) is 18.4 Å². The minimum atomic E-state index is -0.784. The van der Waals surface area contributed by atoms with E-state index in [1.807, 2.05) is 0 Å². The fourth-order valence-corrected chi connectivity index (χ4v) is 1.82. The molecular formula is C9H16N2O3. The summed E-state index contributed by atoms with van der Waals surface area (Å²) in [6.07, 6.45) is 1.96. The van der Waals surface area contributed by atoms with Gasteiger partial charge in [0.25, 0.3) is 0 Å². The number of amides is 2. The van der Waals surface area contributed by atoms with Crippen molar-refractivity contribution in [3.63, 3.8) is 0 Å². The average molecular weight is 200 g/mol. The van der Waals surface area contributed by atoms with Crippen LogP contribution in [0.2, 0.25) is 0 Å². The van der Waals surface area contributed by atoms with Crippen molar-refractivity contribution >= 4 is 12.0 Å². The maximum absolute atomic E-state index is 11.3. The van der Waals surface area contributed by atoms with Gasteiger partial charge in [0.1, 0.15) is 0 Å². The molecule has 0 aromatic rings. The fourth-order valence-electron chi connectivity index (χ4n) is 1.82. The molecule has 1 fully saturated rings. The minimum absolute atomic E-state index is 0.110. The SMILES string of the molecule is CNC(=O)N1CCCC(CC(=O)O)C1. The maximum atomic E-state index is 11.3. The number of carboxylic acid groups (broad SMARTS) is 1. The molecule has 2 amide bonds. The lowest BCUT2D eigenvalue weighted by Crippen LogP contribution is -2.44. The summed E-state index contributed by atoms with van der Waals surface area (Å²) in [5, 5.41) is 11.2. The van der Waals surface area contributed by atoms with Gasteiger partial charge in [-0.15, -0.1) is 0 Å². The van der Waals surface area contributed by atoms with Crippen LogP contribution < -0.4 is 5.32 Å². The molecule has 1 aliphatic rings. The van der Waals surface area contributed by atoms with Crippen molar-refractivity contribution < 1.29 is 14.7 Å². The Balaban J connectivity index is 2.43. The highest BCUT2D eigenvalue weighted by Gasteiger charge is 2.24. The first-order valence-electron chi connectivity index (χ1n) is 4.82. The number of rotatable bonds is 2. The third kappa shape index (κ3) is 2.90. The zero-order valence-corrected chi connectivity index (χ0v) is 8.32. The second kappa shape index (κ2) is 4.83. The standard InChI is InChI=1S/C9H16N2O3/c1-10-9(14)11-4-2-3-7(6-11)5-8(12)13/h7H,2-6H2,1H3,(H,10,14)(H,12,13). The van der Waals surface area contributed by atoms with Crippen LogP contribution in [0.15, 0.2) is 0 Å². The van der Waals surface area contributed by atoms with Gasteiger partial charge < -0.3 is 15.3 Å². The number of likely N-dealkylation sites (tertiary alicyclic amines) is 1. The van der Waals surface area contributed by atoms with Gasteiger partial charge in [-0.2, -0.15) is 0 Å². The summed E-state index contributed by atoms with van der Waals surface area (Å²) in [5.41, 5.74) is 0. The molecule has 1 unspecified atom stereocenters. The van der Waals surface area contributed by atoms with Gasteiger partial charge >= 0.3 is 12.0 Å². The molecule has 0 spiro atoms. The number of hydrogen-bond acceptors (Lipinski definition) is 2. The number of carbonyl (C=O) groups is 2. The van der Waals surface area contributed by atoms with Crippen LogP contribution in [0.3, 0.4) is 0 Å². The molecule has 1 heterocycles. The highest BCUT2D eigenvalue weighted by molar-refractivity contribution is 5.74. The Morgan fingerprint density at radius 3 is 2.86 bits per heavy atom. The van der Waals surface area contributed by atoms with Gasteiger partial charge in [0, 0.05) is 26.6 Å². The van der Waals surface area contributed by atoms with Crippen LogP contribution in [-0.2, 0) is 4.79 Å². The van der Waals surface area contributed by atoms with E-state index in [1.54, 1.807) is 11.9 Å². The molecule has 2 N–H and O–H groups in total. The van der Waals surface area contributed by atoms with Crippen LogP contribution in [0.4, 0.5) is 4.79 Å². The number of aliphatic carboxylic acids is 1. The second-order valence-corrected chi connectivity index (χ2v) is 3.61. The third-order valence-electron chi connectivity index (χ3n) is 2.48. The van der Waals surface area contributed by atoms with Crippen molar-refractivity contribution in [3.8, 4) is 0 Å². The van der Waals surface area contributed by atoms with Crippen LogP contribution in [0.25, 0.3) is 0 Å². The van der Waals surface area contributed by atoms with Crippen molar-refractivity contribution in [2.45, 2.75) is 19.3 Å². The molecule has 5 heteroatoms. The molecular weight excluding hydrogens is 184 g/mol. The molecule has 0 aromatic carbocycles. The Morgan fingerprint density at radius 1 is 1.57 bits per heavy atom. The zero-order chi connectivity index (χ0) is 10.6. The lowest BCUT2D eigenvalue weighted by Gasteiger charge is -2.31. The Morgan fingerprint density at radius 2 is 2.29 bits per heavy atom. The molecule has 1 atom stereocenters. The molecule has 0 aromatic heterocycles. The van der Waals surface area contributed by atoms with E-state index >= 15 is 0 Å². The first-order valence-corrected chi connectivity index (χ1v) is 4.82. The number of nitrogens with one attached hydrogen (secondary N) is 1. The largest absolute Gasteiger partial charge is 0.481 e. The summed E-state index contributed by atoms with van der Waals surface area (Å²) in [7, 11) is 1.59. The highest BCUT2D eigenvalue weighted by atomic mass is 16.4. The quantitative estimate of drug-likeness (QED) is 0.682. The summed E-state index contributed by atoms with van der Waals surface area (Å²) < 4.78 is 0. The van der Waals surface area contributed by atoms with Gasteiger partial charge in [0.2, 0.25) is 0 Å². The van der Waals surface area contributed by atoms with Crippen LogP contribution in [0, 0.1) is 5.92 Å². The monoisotopic (exact) mass is 200 g/mol. The first kappa shape index (κ1) is 10.8. The van der Waals surface area contributed by atoms with Gasteiger partial charge in [-0.1, -0.05) is 0 Å². The number of carboxylic acids is 1. The van der Waals surface area contributed by atoms with Crippen LogP contribution >= 0.6 is 0 Å². The summed E-state index contributed by atoms with van der Waals surface area (Å²) in [6, 6.07) is -0.111. The van der Waals surface area contributed by atoms with Crippen LogP contribution in [0.1, 0.15) is 19.3 Å². The molecule has 1 aliphatic heterocycles. The van der Waals surface area contributed by atoms with E-state index in [4.69, 9.17) is 5.11 Å². The number of piperidine rings is 1. The maximum Gasteiger partial charge on any atom is 0.317 e. The Labute approximate surface area is 83.1 Å². The lowest BCUT2D eigenvalue weighted by atomic mass is 9.95. The summed E-state index contributed by atoms with van der Waals surface area (Å²) in [5.74, 6) is -0.674. The van der Waals surface area contributed by atoms with Crippen molar-refractivity contribution in [1.29, 1.82) is 0 Å². The third-order valence-corrected chi connectivity index (χ3v) is 2.48. The lowest BCUT2D eigenvalue weighted by molar-refractivity contribution is -0.138. The van der Waals surface area contributed by atoms with E-state index in [1.165, 1.54) is 0 Å². The van der Waals surface area contributed by atoms with E-state index in [0.29, 0.717) is 6.54 Å². The van der Waals surface area contributed by atoms with Crippen molar-refractivity contribution in [2.24, 2.45) is 5.92 Å². The highest BCUT2D eigenvalue weighted by Crippen LogP contribution is 2.19. The Bertz CT molecular complexity index is 230. The summed E-state index contributed by atoms with van der Waals surface area (Å²) in [6.45, 7) is 1.29. The topological polar surface area (TPSA) is 69.6 Å². The fraction of sp³-hybridized carbons (Fsp3) is 0.778. The molecule has 5 nitrogen and oxygen atoms in total. The van der Waals surface area contributed by atoms with Crippen molar-refractivity contribution in [2.75, 3.05) is 20.1 Å². The normalized spacial score (nSPS) is 21.8. The molecule has 80 valence electrons. The number of nitrogens with zero attached hydrogens (tertiary/aromatic N) is 1. The zero-order valence-electron chi connectivity index (χ0n) is 8.32. The first-order chi connectivity index (χ1) is 6.63.